The molecule has 0 aromatic heterocycles. The van der Waals surface area contributed by atoms with Gasteiger partial charge in [-0.1, -0.05) is 12.9 Å². The Bertz CT molecular complexity index is 40.4. The van der Waals surface area contributed by atoms with Gasteiger partial charge in [-0.15, -0.1) is 0 Å². The van der Waals surface area contributed by atoms with E-state index < -0.39 is 0 Å². The van der Waals surface area contributed by atoms with Gasteiger partial charge in [0.1, 0.15) is 0 Å². The maximum absolute atomic E-state index is 8.24. The third-order valence-electron chi connectivity index (χ3n) is 0. The topological polar surface area (TPSA) is 165 Å². The summed E-state index contributed by atoms with van der Waals surface area (Å²) in [5.41, 5.74) is 0. The van der Waals surface area contributed by atoms with Crippen LogP contribution in [0.2, 0.25) is 0 Å². The first kappa shape index (κ1) is 63.5. The first-order chi connectivity index (χ1) is 2.83. The molecule has 5 N–H and O–H groups in total. The van der Waals surface area contributed by atoms with E-state index in [9.17, 15) is 0 Å². The Kier molecular flexibility index (Phi) is 571. The van der Waals surface area contributed by atoms with Gasteiger partial charge in [-0.2, -0.15) is 0 Å². The molecule has 60 valence electrons. The van der Waals surface area contributed by atoms with E-state index in [1.165, 1.54) is 0 Å². The standard InChI is InChI=1S/2CHO2.2Ca.Na.3H2O/c2*2-1-3;;;;;;/h2*(H,2,3);;;;3*1H2/q2*-1;2*+2;+1;;;/p-3. The van der Waals surface area contributed by atoms with E-state index in [-0.39, 0.29) is 121 Å². The third kappa shape index (κ3) is 290. The van der Waals surface area contributed by atoms with Gasteiger partial charge in [0.15, 0.2) is 0 Å². The van der Waals surface area contributed by atoms with Crippen LogP contribution in [0.5, 0.6) is 0 Å². The Balaban J connectivity index is -0.00000000296. The molecule has 12 heavy (non-hydrogen) atoms. The first-order valence-electron chi connectivity index (χ1n) is 0.855. The Morgan fingerprint density at radius 1 is 0.750 bits per heavy atom. The summed E-state index contributed by atoms with van der Waals surface area (Å²) in [5, 5.41) is 13.5. The molecule has 0 spiro atoms. The maximum atomic E-state index is 8.24. The quantitative estimate of drug-likeness (QED) is 0.317. The summed E-state index contributed by atoms with van der Waals surface area (Å²) in [7, 11) is 0. The maximum Gasteiger partial charge on any atom is 2.00 e. The van der Waals surface area contributed by atoms with Crippen molar-refractivity contribution in [3.63, 3.8) is 0 Å². The van der Waals surface area contributed by atoms with E-state index >= 15 is 0 Å². The summed E-state index contributed by atoms with van der Waals surface area (Å²) >= 11 is 0. The van der Waals surface area contributed by atoms with Crippen LogP contribution in [0, 0.1) is 0 Å². The molecule has 10 heteroatoms. The third-order valence-corrected chi connectivity index (χ3v) is 0. The van der Waals surface area contributed by atoms with Crippen LogP contribution in [0.1, 0.15) is 0 Å². The van der Waals surface area contributed by atoms with Gasteiger partial charge < -0.3 is 36.2 Å². The summed E-state index contributed by atoms with van der Waals surface area (Å²) < 4.78 is 0. The van der Waals surface area contributed by atoms with Gasteiger partial charge >= 0.3 is 105 Å². The van der Waals surface area contributed by atoms with Crippen molar-refractivity contribution in [1.29, 1.82) is 0 Å². The minimum Gasteiger partial charge on any atom is -0.870 e. The van der Waals surface area contributed by atoms with Crippen LogP contribution in [-0.4, -0.2) is 115 Å². The summed E-state index contributed by atoms with van der Waals surface area (Å²) in [6.07, 6.45) is 0. The SMILES string of the molecule is O=[C-]O.O=[C-]O.[Ca+2].[Ca+2].[Na+].[OH-].[OH-].[OH-]. The van der Waals surface area contributed by atoms with E-state index in [1.54, 1.807) is 0 Å². The summed E-state index contributed by atoms with van der Waals surface area (Å²) in [4.78, 5) is 16.5. The number of aliphatic hydroxyl groups excluding tert-OH is 2. The van der Waals surface area contributed by atoms with Crippen molar-refractivity contribution in [2.45, 2.75) is 0 Å². The molecule has 0 bridgehead atoms. The van der Waals surface area contributed by atoms with E-state index in [0.29, 0.717) is 12.9 Å². The molecule has 0 aliphatic carbocycles. The summed E-state index contributed by atoms with van der Waals surface area (Å²) in [5.74, 6) is 0. The average molecular weight is 244 g/mol. The molecule has 0 aliphatic heterocycles. The van der Waals surface area contributed by atoms with Gasteiger partial charge in [-0.3, -0.25) is 0 Å². The second-order valence-electron chi connectivity index (χ2n) is 0.183. The zero-order valence-corrected chi connectivity index (χ0v) is 12.9. The minimum atomic E-state index is 0. The molecule has 7 nitrogen and oxygen atoms in total. The molecule has 0 saturated heterocycles. The van der Waals surface area contributed by atoms with Gasteiger partial charge in [0.2, 0.25) is 0 Å². The van der Waals surface area contributed by atoms with Gasteiger partial charge in [0, 0.05) is 0 Å². The molecule has 0 rings (SSSR count). The van der Waals surface area contributed by atoms with Crippen molar-refractivity contribution in [1.82, 2.24) is 0 Å². The van der Waals surface area contributed by atoms with E-state index in [0.717, 1.165) is 0 Å². The molecule has 0 aromatic rings. The molecule has 0 atom stereocenters. The predicted octanol–water partition coefficient (Wildman–Crippen LogP) is -5.06. The van der Waals surface area contributed by atoms with Crippen molar-refractivity contribution < 1.29 is 65.8 Å². The normalized spacial score (nSPS) is 2.00. The van der Waals surface area contributed by atoms with Gasteiger partial charge in [-0.25, -0.2) is 0 Å². The van der Waals surface area contributed by atoms with Crippen molar-refractivity contribution in [2.75, 3.05) is 0 Å². The van der Waals surface area contributed by atoms with Crippen molar-refractivity contribution in [3.05, 3.63) is 0 Å². The summed E-state index contributed by atoms with van der Waals surface area (Å²) in [6.45, 7) is 1.00. The van der Waals surface area contributed by atoms with Crippen molar-refractivity contribution >= 4 is 88.4 Å². The fourth-order valence-electron chi connectivity index (χ4n) is 0. The molecule has 0 fully saturated rings. The van der Waals surface area contributed by atoms with Crippen LogP contribution >= 0.6 is 0 Å². The van der Waals surface area contributed by atoms with Crippen LogP contribution in [0.3, 0.4) is 0 Å². The zero-order valence-electron chi connectivity index (χ0n) is 6.47. The molecule has 0 aliphatic rings. The molecule has 0 unspecified atom stereocenters. The van der Waals surface area contributed by atoms with Crippen LogP contribution in [0.4, 0.5) is 0 Å². The monoisotopic (exact) mass is 244 g/mol. The molecule has 0 aromatic carbocycles. The van der Waals surface area contributed by atoms with Gasteiger partial charge in [-0.05, 0) is 0 Å². The molecular weight excluding hydrogens is 239 g/mol. The Morgan fingerprint density at radius 3 is 0.750 bits per heavy atom. The second kappa shape index (κ2) is 108. The van der Waals surface area contributed by atoms with E-state index in [2.05, 4.69) is 0 Å². The van der Waals surface area contributed by atoms with Crippen LogP contribution in [0.15, 0.2) is 0 Å². The van der Waals surface area contributed by atoms with Crippen molar-refractivity contribution in [2.24, 2.45) is 0 Å². The van der Waals surface area contributed by atoms with Gasteiger partial charge in [0.05, 0.1) is 0 Å². The largest absolute Gasteiger partial charge is 2.00 e. The van der Waals surface area contributed by atoms with Crippen LogP contribution in [-0.2, 0) is 9.59 Å². The molecule has 0 radical (unpaired) electrons. The average Bonchev–Trinajstić information content (AvgIpc) is 1.39. The Hall–Kier alpha value is 2.34. The Labute approximate surface area is 151 Å². The fourth-order valence-corrected chi connectivity index (χ4v) is 0. The molecule has 0 saturated carbocycles. The zero-order chi connectivity index (χ0) is 5.41. The van der Waals surface area contributed by atoms with Crippen LogP contribution in [0.25, 0.3) is 0 Å². The molecular formula is C2H5Ca2NaO7. The van der Waals surface area contributed by atoms with Crippen LogP contribution < -0.4 is 29.6 Å². The first-order valence-corrected chi connectivity index (χ1v) is 0.855. The fraction of sp³-hybridized carbons (Fsp3) is 0. The van der Waals surface area contributed by atoms with E-state index in [1.807, 2.05) is 0 Å². The number of rotatable bonds is 0. The number of hydrogen-bond donors (Lipinski definition) is 2. The predicted molar refractivity (Wildman–Crippen MR) is 34.0 cm³/mol. The van der Waals surface area contributed by atoms with Gasteiger partial charge in [0.25, 0.3) is 0 Å². The Morgan fingerprint density at radius 2 is 0.750 bits per heavy atom. The van der Waals surface area contributed by atoms with E-state index in [4.69, 9.17) is 19.8 Å². The van der Waals surface area contributed by atoms with Crippen molar-refractivity contribution in [3.8, 4) is 0 Å². The molecule has 0 heterocycles. The second-order valence-corrected chi connectivity index (χ2v) is 0.183. The smallest absolute Gasteiger partial charge is 0.870 e. The number of hydrogen-bond acceptors (Lipinski definition) is 5. The summed E-state index contributed by atoms with van der Waals surface area (Å²) in [6, 6.07) is 0. The molecule has 0 amide bonds. The minimum absolute atomic E-state index is 0.